The van der Waals surface area contributed by atoms with Crippen molar-refractivity contribution < 1.29 is 10.2 Å². The van der Waals surface area contributed by atoms with Gasteiger partial charge in [0, 0.05) is 37.7 Å². The maximum absolute atomic E-state index is 9.86. The summed E-state index contributed by atoms with van der Waals surface area (Å²) in [7, 11) is 0. The van der Waals surface area contributed by atoms with Crippen LogP contribution < -0.4 is 4.90 Å². The maximum Gasteiger partial charge on any atom is 0.128 e. The summed E-state index contributed by atoms with van der Waals surface area (Å²) < 4.78 is 0. The van der Waals surface area contributed by atoms with Crippen molar-refractivity contribution >= 4 is 18.4 Å². The Hall–Kier alpha value is -0.780. The molecule has 2 rings (SSSR count). The van der Waals surface area contributed by atoms with Crippen molar-refractivity contribution in [3.63, 3.8) is 0 Å². The van der Waals surface area contributed by atoms with Crippen LogP contribution in [0.3, 0.4) is 0 Å². The molecule has 0 radical (unpaired) electrons. The number of nitrogens with zero attached hydrogens (tertiary/aromatic N) is 2. The SMILES string of the molecule is CC(C)(O)c1ccc(N2CCC(O)(S)CC2)nc1. The summed E-state index contributed by atoms with van der Waals surface area (Å²) in [6.45, 7) is 4.97. The number of piperidine rings is 1. The molecular formula is C13H20N2O2S. The molecule has 0 spiro atoms. The number of hydrogen-bond acceptors (Lipinski definition) is 5. The van der Waals surface area contributed by atoms with Crippen LogP contribution in [0.4, 0.5) is 5.82 Å². The fourth-order valence-corrected chi connectivity index (χ4v) is 2.23. The molecule has 1 saturated heterocycles. The minimum atomic E-state index is -0.862. The molecule has 18 heavy (non-hydrogen) atoms. The van der Waals surface area contributed by atoms with E-state index in [4.69, 9.17) is 0 Å². The highest BCUT2D eigenvalue weighted by Gasteiger charge is 2.29. The Morgan fingerprint density at radius 2 is 1.94 bits per heavy atom. The number of aromatic nitrogens is 1. The molecule has 0 unspecified atom stereocenters. The molecule has 1 aromatic heterocycles. The molecule has 1 aromatic rings. The van der Waals surface area contributed by atoms with Gasteiger partial charge in [0.15, 0.2) is 0 Å². The third-order valence-electron chi connectivity index (χ3n) is 3.34. The van der Waals surface area contributed by atoms with Gasteiger partial charge in [-0.15, -0.1) is 12.6 Å². The van der Waals surface area contributed by atoms with Gasteiger partial charge in [-0.3, -0.25) is 0 Å². The molecule has 0 aromatic carbocycles. The van der Waals surface area contributed by atoms with Crippen molar-refractivity contribution in [2.45, 2.75) is 37.2 Å². The van der Waals surface area contributed by atoms with Gasteiger partial charge >= 0.3 is 0 Å². The molecule has 0 saturated carbocycles. The fraction of sp³-hybridized carbons (Fsp3) is 0.615. The zero-order chi connectivity index (χ0) is 13.4. The van der Waals surface area contributed by atoms with Crippen molar-refractivity contribution in [1.82, 2.24) is 4.98 Å². The van der Waals surface area contributed by atoms with Gasteiger partial charge in [0.25, 0.3) is 0 Å². The zero-order valence-corrected chi connectivity index (χ0v) is 11.7. The average molecular weight is 268 g/mol. The highest BCUT2D eigenvalue weighted by Crippen LogP contribution is 2.28. The van der Waals surface area contributed by atoms with Crippen molar-refractivity contribution in [3.05, 3.63) is 23.9 Å². The molecule has 5 heteroatoms. The Morgan fingerprint density at radius 1 is 1.33 bits per heavy atom. The fourth-order valence-electron chi connectivity index (χ4n) is 2.03. The Labute approximate surface area is 113 Å². The van der Waals surface area contributed by atoms with E-state index in [0.29, 0.717) is 12.8 Å². The second kappa shape index (κ2) is 4.72. The van der Waals surface area contributed by atoms with Gasteiger partial charge < -0.3 is 15.1 Å². The van der Waals surface area contributed by atoms with Crippen molar-refractivity contribution in [1.29, 1.82) is 0 Å². The molecule has 4 nitrogen and oxygen atoms in total. The first-order chi connectivity index (χ1) is 8.28. The van der Waals surface area contributed by atoms with E-state index in [1.165, 1.54) is 0 Å². The van der Waals surface area contributed by atoms with Gasteiger partial charge in [0.1, 0.15) is 10.8 Å². The first-order valence-electron chi connectivity index (χ1n) is 6.17. The largest absolute Gasteiger partial charge is 0.386 e. The van der Waals surface area contributed by atoms with E-state index in [2.05, 4.69) is 22.5 Å². The summed E-state index contributed by atoms with van der Waals surface area (Å²) in [6.07, 6.45) is 2.97. The van der Waals surface area contributed by atoms with Crippen LogP contribution in [0.25, 0.3) is 0 Å². The Balaban J connectivity index is 2.07. The monoisotopic (exact) mass is 268 g/mol. The van der Waals surface area contributed by atoms with Gasteiger partial charge in [-0.25, -0.2) is 4.98 Å². The van der Waals surface area contributed by atoms with Crippen LogP contribution in [-0.2, 0) is 5.60 Å². The number of aliphatic hydroxyl groups is 2. The van der Waals surface area contributed by atoms with Gasteiger partial charge in [-0.05, 0) is 19.9 Å². The predicted molar refractivity (Wildman–Crippen MR) is 74.9 cm³/mol. The summed E-state index contributed by atoms with van der Waals surface area (Å²) >= 11 is 4.20. The third kappa shape index (κ3) is 3.16. The molecule has 100 valence electrons. The summed E-state index contributed by atoms with van der Waals surface area (Å²) in [4.78, 5) is 5.66. The summed E-state index contributed by atoms with van der Waals surface area (Å²) in [5.74, 6) is 0.881. The topological polar surface area (TPSA) is 56.6 Å². The highest BCUT2D eigenvalue weighted by molar-refractivity contribution is 7.81. The van der Waals surface area contributed by atoms with Crippen molar-refractivity contribution in [2.75, 3.05) is 18.0 Å². The zero-order valence-electron chi connectivity index (χ0n) is 10.8. The molecule has 0 bridgehead atoms. The minimum absolute atomic E-state index is 0.630. The number of anilines is 1. The number of pyridine rings is 1. The van der Waals surface area contributed by atoms with E-state index in [1.54, 1.807) is 20.0 Å². The first-order valence-corrected chi connectivity index (χ1v) is 6.61. The lowest BCUT2D eigenvalue weighted by atomic mass is 10.0. The lowest BCUT2D eigenvalue weighted by molar-refractivity contribution is 0.0782. The maximum atomic E-state index is 9.86. The number of hydrogen-bond donors (Lipinski definition) is 3. The van der Waals surface area contributed by atoms with Crippen LogP contribution in [0.1, 0.15) is 32.3 Å². The normalized spacial score (nSPS) is 19.9. The lowest BCUT2D eigenvalue weighted by Gasteiger charge is -2.35. The van der Waals surface area contributed by atoms with E-state index >= 15 is 0 Å². The standard InChI is InChI=1S/C13H20N2O2S/c1-12(2,16)10-3-4-11(14-9-10)15-7-5-13(17,18)6-8-15/h3-4,9,16-18H,5-8H2,1-2H3. The van der Waals surface area contributed by atoms with E-state index in [-0.39, 0.29) is 0 Å². The van der Waals surface area contributed by atoms with Crippen LogP contribution in [0, 0.1) is 0 Å². The van der Waals surface area contributed by atoms with Gasteiger partial charge in [-0.1, -0.05) is 6.07 Å². The van der Waals surface area contributed by atoms with Crippen LogP contribution >= 0.6 is 12.6 Å². The number of rotatable bonds is 2. The van der Waals surface area contributed by atoms with Crippen LogP contribution in [-0.4, -0.2) is 33.2 Å². The van der Waals surface area contributed by atoms with E-state index in [9.17, 15) is 10.2 Å². The molecule has 1 aliphatic rings. The Bertz CT molecular complexity index is 402. The van der Waals surface area contributed by atoms with Gasteiger partial charge in [-0.2, -0.15) is 0 Å². The molecule has 0 atom stereocenters. The van der Waals surface area contributed by atoms with Crippen molar-refractivity contribution in [2.24, 2.45) is 0 Å². The Kier molecular flexibility index (Phi) is 3.58. The molecule has 2 N–H and O–H groups in total. The van der Waals surface area contributed by atoms with Gasteiger partial charge in [0.2, 0.25) is 0 Å². The summed E-state index contributed by atoms with van der Waals surface area (Å²) in [6, 6.07) is 3.81. The molecule has 0 aliphatic carbocycles. The van der Waals surface area contributed by atoms with E-state index < -0.39 is 10.5 Å². The van der Waals surface area contributed by atoms with Crippen LogP contribution in [0.15, 0.2) is 18.3 Å². The molecule has 0 amide bonds. The first kappa shape index (κ1) is 13.6. The highest BCUT2D eigenvalue weighted by atomic mass is 32.1. The number of thiol groups is 1. The van der Waals surface area contributed by atoms with E-state index in [1.807, 2.05) is 12.1 Å². The Morgan fingerprint density at radius 3 is 2.39 bits per heavy atom. The average Bonchev–Trinajstić information content (AvgIpc) is 2.28. The lowest BCUT2D eigenvalue weighted by Crippen LogP contribution is -2.41. The molecule has 1 fully saturated rings. The molecule has 2 heterocycles. The van der Waals surface area contributed by atoms with Crippen LogP contribution in [0.5, 0.6) is 0 Å². The third-order valence-corrected chi connectivity index (χ3v) is 3.79. The van der Waals surface area contributed by atoms with Crippen LogP contribution in [0.2, 0.25) is 0 Å². The molecular weight excluding hydrogens is 248 g/mol. The van der Waals surface area contributed by atoms with Gasteiger partial charge in [0.05, 0.1) is 5.60 Å². The molecule has 1 aliphatic heterocycles. The van der Waals surface area contributed by atoms with Crippen molar-refractivity contribution in [3.8, 4) is 0 Å². The summed E-state index contributed by atoms with van der Waals surface area (Å²) in [5, 5.41) is 19.6. The second-order valence-electron chi connectivity index (χ2n) is 5.43. The predicted octanol–water partition coefficient (Wildman–Crippen LogP) is 1.53. The quantitative estimate of drug-likeness (QED) is 0.562. The van der Waals surface area contributed by atoms with E-state index in [0.717, 1.165) is 24.5 Å². The smallest absolute Gasteiger partial charge is 0.128 e. The summed E-state index contributed by atoms with van der Waals surface area (Å²) in [5.41, 5.74) is -0.0624. The minimum Gasteiger partial charge on any atom is -0.386 e. The second-order valence-corrected chi connectivity index (χ2v) is 6.27.